The molecule has 0 amide bonds. The summed E-state index contributed by atoms with van der Waals surface area (Å²) in [6.45, 7) is 0. The van der Waals surface area contributed by atoms with E-state index in [1.807, 2.05) is 11.4 Å². The van der Waals surface area contributed by atoms with Crippen molar-refractivity contribution < 1.29 is 4.79 Å². The summed E-state index contributed by atoms with van der Waals surface area (Å²) in [6.07, 6.45) is 5.40. The van der Waals surface area contributed by atoms with Gasteiger partial charge in [-0.2, -0.15) is 0 Å². The zero-order valence-electron chi connectivity index (χ0n) is 7.01. The van der Waals surface area contributed by atoms with E-state index in [-0.39, 0.29) is 0 Å². The van der Waals surface area contributed by atoms with Crippen LogP contribution in [0.5, 0.6) is 0 Å². The standard InChI is InChI=1S/C10H12OS/c11-9-4-2-1-3-5-10-8(9)6-7-12-10/h6-7H,1-5H2. The van der Waals surface area contributed by atoms with Gasteiger partial charge >= 0.3 is 0 Å². The van der Waals surface area contributed by atoms with Crippen molar-refractivity contribution in [1.82, 2.24) is 0 Å². The molecule has 1 aliphatic carbocycles. The molecule has 0 N–H and O–H groups in total. The summed E-state index contributed by atoms with van der Waals surface area (Å²) >= 11 is 1.73. The van der Waals surface area contributed by atoms with Gasteiger partial charge in [0.2, 0.25) is 0 Å². The van der Waals surface area contributed by atoms with Crippen molar-refractivity contribution in [2.24, 2.45) is 0 Å². The minimum Gasteiger partial charge on any atom is -0.294 e. The summed E-state index contributed by atoms with van der Waals surface area (Å²) < 4.78 is 0. The van der Waals surface area contributed by atoms with Gasteiger partial charge in [0.25, 0.3) is 0 Å². The van der Waals surface area contributed by atoms with Gasteiger partial charge in [0.1, 0.15) is 0 Å². The summed E-state index contributed by atoms with van der Waals surface area (Å²) in [5, 5.41) is 2.04. The molecular formula is C10H12OS. The van der Waals surface area contributed by atoms with Crippen LogP contribution in [0, 0.1) is 0 Å². The van der Waals surface area contributed by atoms with Gasteiger partial charge in [-0.25, -0.2) is 0 Å². The van der Waals surface area contributed by atoms with Crippen molar-refractivity contribution in [3.05, 3.63) is 21.9 Å². The molecule has 1 aromatic rings. The van der Waals surface area contributed by atoms with Crippen LogP contribution in [-0.4, -0.2) is 5.78 Å². The Morgan fingerprint density at radius 1 is 1.17 bits per heavy atom. The minimum absolute atomic E-state index is 0.353. The monoisotopic (exact) mass is 180 g/mol. The lowest BCUT2D eigenvalue weighted by Crippen LogP contribution is -2.03. The van der Waals surface area contributed by atoms with E-state index in [1.165, 1.54) is 17.7 Å². The highest BCUT2D eigenvalue weighted by molar-refractivity contribution is 7.10. The summed E-state index contributed by atoms with van der Waals surface area (Å²) in [4.78, 5) is 12.8. The minimum atomic E-state index is 0.353. The molecule has 0 spiro atoms. The van der Waals surface area contributed by atoms with Crippen LogP contribution in [0.15, 0.2) is 11.4 Å². The van der Waals surface area contributed by atoms with E-state index >= 15 is 0 Å². The second-order valence-electron chi connectivity index (χ2n) is 3.24. The average Bonchev–Trinajstić information content (AvgIpc) is 2.47. The Hall–Kier alpha value is -0.630. The number of carbonyl (C=O) groups excluding carboxylic acids is 1. The molecule has 0 aromatic carbocycles. The topological polar surface area (TPSA) is 17.1 Å². The lowest BCUT2D eigenvalue weighted by Gasteiger charge is -2.07. The van der Waals surface area contributed by atoms with Crippen molar-refractivity contribution >= 4 is 17.1 Å². The lowest BCUT2D eigenvalue weighted by atomic mass is 9.99. The molecule has 0 unspecified atom stereocenters. The quantitative estimate of drug-likeness (QED) is 0.599. The third-order valence-corrected chi connectivity index (χ3v) is 3.33. The molecule has 0 saturated heterocycles. The normalized spacial score (nSPS) is 18.2. The second-order valence-corrected chi connectivity index (χ2v) is 4.24. The van der Waals surface area contributed by atoms with Crippen LogP contribution in [0.3, 0.4) is 0 Å². The molecule has 0 atom stereocenters. The zero-order valence-corrected chi connectivity index (χ0v) is 7.82. The van der Waals surface area contributed by atoms with Crippen LogP contribution in [-0.2, 0) is 6.42 Å². The fraction of sp³-hybridized carbons (Fsp3) is 0.500. The molecule has 0 saturated carbocycles. The molecule has 64 valence electrons. The number of thiophene rings is 1. The summed E-state index contributed by atoms with van der Waals surface area (Å²) in [6, 6.07) is 1.98. The fourth-order valence-corrected chi connectivity index (χ4v) is 2.60. The predicted molar refractivity (Wildman–Crippen MR) is 50.8 cm³/mol. The van der Waals surface area contributed by atoms with Gasteiger partial charge in [-0.15, -0.1) is 11.3 Å². The van der Waals surface area contributed by atoms with Gasteiger partial charge < -0.3 is 0 Å². The van der Waals surface area contributed by atoms with Crippen LogP contribution >= 0.6 is 11.3 Å². The smallest absolute Gasteiger partial charge is 0.163 e. The van der Waals surface area contributed by atoms with Crippen molar-refractivity contribution in [2.75, 3.05) is 0 Å². The largest absolute Gasteiger partial charge is 0.294 e. The number of rotatable bonds is 0. The Morgan fingerprint density at radius 3 is 2.92 bits per heavy atom. The van der Waals surface area contributed by atoms with E-state index in [9.17, 15) is 4.79 Å². The van der Waals surface area contributed by atoms with Gasteiger partial charge in [0.05, 0.1) is 0 Å². The summed E-state index contributed by atoms with van der Waals surface area (Å²) in [5.41, 5.74) is 1.000. The highest BCUT2D eigenvalue weighted by Gasteiger charge is 2.14. The fourth-order valence-electron chi connectivity index (χ4n) is 1.67. The molecule has 2 rings (SSSR count). The van der Waals surface area contributed by atoms with E-state index in [1.54, 1.807) is 11.3 Å². The molecule has 0 radical (unpaired) electrons. The van der Waals surface area contributed by atoms with Gasteiger partial charge in [-0.05, 0) is 30.7 Å². The summed E-state index contributed by atoms with van der Waals surface area (Å²) in [5.74, 6) is 0.353. The first-order valence-electron chi connectivity index (χ1n) is 4.47. The van der Waals surface area contributed by atoms with Crippen molar-refractivity contribution in [3.63, 3.8) is 0 Å². The molecular weight excluding hydrogens is 168 g/mol. The molecule has 12 heavy (non-hydrogen) atoms. The van der Waals surface area contributed by atoms with E-state index in [0.29, 0.717) is 5.78 Å². The molecule has 1 aliphatic rings. The van der Waals surface area contributed by atoms with E-state index < -0.39 is 0 Å². The van der Waals surface area contributed by atoms with E-state index in [2.05, 4.69) is 0 Å². The van der Waals surface area contributed by atoms with Gasteiger partial charge in [0.15, 0.2) is 5.78 Å². The van der Waals surface area contributed by atoms with Crippen molar-refractivity contribution in [1.29, 1.82) is 0 Å². The number of hydrogen-bond donors (Lipinski definition) is 0. The Bertz CT molecular complexity index is 288. The first-order chi connectivity index (χ1) is 5.88. The summed E-state index contributed by atoms with van der Waals surface area (Å²) in [7, 11) is 0. The predicted octanol–water partition coefficient (Wildman–Crippen LogP) is 3.05. The highest BCUT2D eigenvalue weighted by Crippen LogP contribution is 2.24. The maximum atomic E-state index is 11.5. The van der Waals surface area contributed by atoms with Gasteiger partial charge in [-0.3, -0.25) is 4.79 Å². The lowest BCUT2D eigenvalue weighted by molar-refractivity contribution is 0.0977. The third kappa shape index (κ3) is 1.44. The molecule has 0 bridgehead atoms. The van der Waals surface area contributed by atoms with Crippen LogP contribution in [0.1, 0.15) is 40.9 Å². The molecule has 1 heterocycles. The molecule has 1 aromatic heterocycles. The second kappa shape index (κ2) is 3.40. The highest BCUT2D eigenvalue weighted by atomic mass is 32.1. The van der Waals surface area contributed by atoms with Gasteiger partial charge in [-0.1, -0.05) is 6.42 Å². The van der Waals surface area contributed by atoms with E-state index in [0.717, 1.165) is 24.8 Å². The zero-order chi connectivity index (χ0) is 8.39. The Morgan fingerprint density at radius 2 is 2.00 bits per heavy atom. The molecule has 0 fully saturated rings. The van der Waals surface area contributed by atoms with E-state index in [4.69, 9.17) is 0 Å². The molecule has 0 aliphatic heterocycles. The van der Waals surface area contributed by atoms with Gasteiger partial charge in [0, 0.05) is 16.9 Å². The first kappa shape index (κ1) is 7.99. The number of carbonyl (C=O) groups is 1. The Kier molecular flexibility index (Phi) is 2.26. The Balaban J connectivity index is 2.32. The Labute approximate surface area is 76.4 Å². The average molecular weight is 180 g/mol. The van der Waals surface area contributed by atoms with Crippen LogP contribution in [0.2, 0.25) is 0 Å². The number of fused-ring (bicyclic) bond motifs is 1. The van der Waals surface area contributed by atoms with Crippen LogP contribution in [0.4, 0.5) is 0 Å². The van der Waals surface area contributed by atoms with Crippen molar-refractivity contribution in [2.45, 2.75) is 32.1 Å². The number of Topliss-reactive ketones (excluding diaryl/α,β-unsaturated/α-hetero) is 1. The molecule has 2 heteroatoms. The number of hydrogen-bond acceptors (Lipinski definition) is 2. The molecule has 1 nitrogen and oxygen atoms in total. The number of aryl methyl sites for hydroxylation is 1. The maximum absolute atomic E-state index is 11.5. The SMILES string of the molecule is O=C1CCCCCc2sccc21. The van der Waals surface area contributed by atoms with Crippen LogP contribution < -0.4 is 0 Å². The van der Waals surface area contributed by atoms with Crippen LogP contribution in [0.25, 0.3) is 0 Å². The van der Waals surface area contributed by atoms with Crippen molar-refractivity contribution in [3.8, 4) is 0 Å². The third-order valence-electron chi connectivity index (χ3n) is 2.35. The first-order valence-corrected chi connectivity index (χ1v) is 5.35. The maximum Gasteiger partial charge on any atom is 0.163 e. The number of ketones is 1.